The minimum Gasteiger partial charge on any atom is -0.0919 e. The Labute approximate surface area is 60.0 Å². The van der Waals surface area contributed by atoms with E-state index >= 15 is 0 Å². The van der Waals surface area contributed by atoms with Gasteiger partial charge in [0, 0.05) is 0 Å². The molecule has 0 bridgehead atoms. The molecule has 0 rings (SSSR count). The highest BCUT2D eigenvalue weighted by Gasteiger charge is 2.14. The van der Waals surface area contributed by atoms with Crippen molar-refractivity contribution in [3.63, 3.8) is 0 Å². The highest BCUT2D eigenvalue weighted by atomic mass is 28.3. The highest BCUT2D eigenvalue weighted by Crippen LogP contribution is 2.14. The van der Waals surface area contributed by atoms with Crippen molar-refractivity contribution in [2.75, 3.05) is 0 Å². The third kappa shape index (κ3) is 4.46. The molecule has 0 aliphatic rings. The molecule has 0 spiro atoms. The van der Waals surface area contributed by atoms with Gasteiger partial charge in [-0.15, -0.1) is 0 Å². The van der Waals surface area contributed by atoms with E-state index in [1.807, 2.05) is 0 Å². The van der Waals surface area contributed by atoms with Crippen molar-refractivity contribution in [3.8, 4) is 0 Å². The molecular formula is C8H18Si. The molecule has 0 unspecified atom stereocenters. The summed E-state index contributed by atoms with van der Waals surface area (Å²) in [4.78, 5) is 0. The van der Waals surface area contributed by atoms with E-state index in [9.17, 15) is 0 Å². The molecule has 0 atom stereocenters. The molecule has 54 valence electrons. The summed E-state index contributed by atoms with van der Waals surface area (Å²) >= 11 is 0. The molecule has 0 fully saturated rings. The zero-order valence-corrected chi connectivity index (χ0v) is 8.07. The first-order chi connectivity index (χ1) is 4.12. The molecule has 0 aromatic heterocycles. The first-order valence-corrected chi connectivity index (χ1v) is 7.15. The van der Waals surface area contributed by atoms with Crippen LogP contribution in [-0.4, -0.2) is 8.07 Å². The second-order valence-electron chi connectivity index (χ2n) is 3.29. The maximum atomic E-state index is 2.44. The molecule has 1 heteroatoms. The predicted octanol–water partition coefficient (Wildman–Crippen LogP) is 3.29. The Kier molecular flexibility index (Phi) is 3.87. The van der Waals surface area contributed by atoms with E-state index in [1.54, 1.807) is 0 Å². The second-order valence-corrected chi connectivity index (χ2v) is 8.73. The summed E-state index contributed by atoms with van der Waals surface area (Å²) in [6, 6.07) is 2.75. The van der Waals surface area contributed by atoms with Crippen molar-refractivity contribution < 1.29 is 0 Å². The number of allylic oxidation sites excluding steroid dienone is 2. The van der Waals surface area contributed by atoms with Crippen LogP contribution in [-0.2, 0) is 0 Å². The maximum absolute atomic E-state index is 2.44. The van der Waals surface area contributed by atoms with Crippen LogP contribution >= 0.6 is 0 Å². The van der Waals surface area contributed by atoms with E-state index in [-0.39, 0.29) is 0 Å². The monoisotopic (exact) mass is 142 g/mol. The number of hydrogen-bond donors (Lipinski definition) is 0. The second kappa shape index (κ2) is 3.88. The summed E-state index contributed by atoms with van der Waals surface area (Å²) in [6.07, 6.45) is 4.46. The van der Waals surface area contributed by atoms with Crippen LogP contribution in [0.1, 0.15) is 13.8 Å². The lowest BCUT2D eigenvalue weighted by Gasteiger charge is -2.16. The largest absolute Gasteiger partial charge is 0.0919 e. The van der Waals surface area contributed by atoms with Gasteiger partial charge in [0.1, 0.15) is 0 Å². The average molecular weight is 142 g/mol. The molecule has 9 heavy (non-hydrogen) atoms. The summed E-state index contributed by atoms with van der Waals surface area (Å²) in [5.74, 6) is 0. The molecule has 0 amide bonds. The van der Waals surface area contributed by atoms with E-state index in [0.717, 1.165) is 0 Å². The Morgan fingerprint density at radius 2 is 1.89 bits per heavy atom. The topological polar surface area (TPSA) is 0 Å². The van der Waals surface area contributed by atoms with Gasteiger partial charge in [-0.05, 0) is 13.0 Å². The minimum absolute atomic E-state index is 0.785. The van der Waals surface area contributed by atoms with Gasteiger partial charge < -0.3 is 0 Å². The highest BCUT2D eigenvalue weighted by molar-refractivity contribution is 6.77. The quantitative estimate of drug-likeness (QED) is 0.419. The number of hydrogen-bond acceptors (Lipinski definition) is 0. The van der Waals surface area contributed by atoms with Gasteiger partial charge in [0.2, 0.25) is 0 Å². The van der Waals surface area contributed by atoms with Crippen LogP contribution in [0, 0.1) is 0 Å². The van der Waals surface area contributed by atoms with Crippen LogP contribution in [0.25, 0.3) is 0 Å². The zero-order valence-electron chi connectivity index (χ0n) is 7.07. The molecule has 0 nitrogen and oxygen atoms in total. The first-order valence-electron chi connectivity index (χ1n) is 3.73. The third-order valence-electron chi connectivity index (χ3n) is 1.86. The van der Waals surface area contributed by atoms with E-state index in [4.69, 9.17) is 0 Å². The fourth-order valence-corrected chi connectivity index (χ4v) is 1.74. The molecule has 0 heterocycles. The lowest BCUT2D eigenvalue weighted by Crippen LogP contribution is -2.21. The molecular weight excluding hydrogens is 124 g/mol. The number of rotatable bonds is 3. The summed E-state index contributed by atoms with van der Waals surface area (Å²) in [6.45, 7) is 9.27. The summed E-state index contributed by atoms with van der Waals surface area (Å²) in [7, 11) is -0.785. The van der Waals surface area contributed by atoms with Crippen molar-refractivity contribution in [2.45, 2.75) is 39.0 Å². The van der Waals surface area contributed by atoms with Crippen molar-refractivity contribution in [1.82, 2.24) is 0 Å². The summed E-state index contributed by atoms with van der Waals surface area (Å²) < 4.78 is 0. The van der Waals surface area contributed by atoms with E-state index in [1.165, 1.54) is 12.1 Å². The van der Waals surface area contributed by atoms with Gasteiger partial charge in [0.05, 0.1) is 8.07 Å². The normalized spacial score (nSPS) is 12.9. The average Bonchev–Trinajstić information content (AvgIpc) is 1.84. The predicted molar refractivity (Wildman–Crippen MR) is 47.6 cm³/mol. The van der Waals surface area contributed by atoms with Crippen LogP contribution in [0.15, 0.2) is 12.2 Å². The van der Waals surface area contributed by atoms with E-state index in [2.05, 4.69) is 39.1 Å². The van der Waals surface area contributed by atoms with Gasteiger partial charge in [-0.25, -0.2) is 0 Å². The molecule has 0 saturated heterocycles. The summed E-state index contributed by atoms with van der Waals surface area (Å²) in [5, 5.41) is 0. The van der Waals surface area contributed by atoms with Crippen LogP contribution < -0.4 is 0 Å². The fourth-order valence-electron chi connectivity index (χ4n) is 0.581. The van der Waals surface area contributed by atoms with Crippen molar-refractivity contribution in [2.24, 2.45) is 0 Å². The van der Waals surface area contributed by atoms with Crippen LogP contribution in [0.2, 0.25) is 25.2 Å². The lowest BCUT2D eigenvalue weighted by molar-refractivity contribution is 1.31. The Morgan fingerprint density at radius 1 is 1.33 bits per heavy atom. The van der Waals surface area contributed by atoms with Crippen LogP contribution in [0.3, 0.4) is 0 Å². The van der Waals surface area contributed by atoms with E-state index < -0.39 is 8.07 Å². The first kappa shape index (κ1) is 8.96. The Hall–Kier alpha value is -0.0431. The van der Waals surface area contributed by atoms with Crippen molar-refractivity contribution in [3.05, 3.63) is 12.2 Å². The van der Waals surface area contributed by atoms with Gasteiger partial charge in [-0.1, -0.05) is 38.2 Å². The maximum Gasteiger partial charge on any atom is 0.0508 e. The van der Waals surface area contributed by atoms with Gasteiger partial charge in [0.15, 0.2) is 0 Å². The Morgan fingerprint density at radius 3 is 2.22 bits per heavy atom. The smallest absolute Gasteiger partial charge is 0.0508 e. The molecule has 0 aliphatic carbocycles. The van der Waals surface area contributed by atoms with E-state index in [0.29, 0.717) is 0 Å². The van der Waals surface area contributed by atoms with Gasteiger partial charge in [0.25, 0.3) is 0 Å². The molecule has 0 aromatic rings. The Balaban J connectivity index is 3.58. The molecule has 0 radical (unpaired) electrons. The standard InChI is InChI=1S/C8H18Si/c1-5-7-8-9(3,4)6-2/h5,7H,6,8H2,1-4H3/b7-5+. The van der Waals surface area contributed by atoms with Crippen LogP contribution in [0.5, 0.6) is 0 Å². The fraction of sp³-hybridized carbons (Fsp3) is 0.750. The van der Waals surface area contributed by atoms with Crippen molar-refractivity contribution in [1.29, 1.82) is 0 Å². The molecule has 0 saturated carbocycles. The van der Waals surface area contributed by atoms with Gasteiger partial charge in [-0.2, -0.15) is 0 Å². The third-order valence-corrected chi connectivity index (χ3v) is 5.12. The SMILES string of the molecule is C/C=C/C[Si](C)(C)CC. The van der Waals surface area contributed by atoms with Crippen LogP contribution in [0.4, 0.5) is 0 Å². The summed E-state index contributed by atoms with van der Waals surface area (Å²) in [5.41, 5.74) is 0. The van der Waals surface area contributed by atoms with Crippen molar-refractivity contribution >= 4 is 8.07 Å². The molecule has 0 aliphatic heterocycles. The lowest BCUT2D eigenvalue weighted by atomic mass is 10.6. The van der Waals surface area contributed by atoms with Gasteiger partial charge >= 0.3 is 0 Å². The molecule has 0 N–H and O–H groups in total. The zero-order chi connectivity index (χ0) is 7.33. The van der Waals surface area contributed by atoms with Gasteiger partial charge in [-0.3, -0.25) is 0 Å². The minimum atomic E-state index is -0.785. The molecule has 0 aromatic carbocycles. The Bertz CT molecular complexity index is 92.7.